The first-order valence-electron chi connectivity index (χ1n) is 3.82. The maximum absolute atomic E-state index is 2.27. The number of thioether (sulfide) groups is 1. The lowest BCUT2D eigenvalue weighted by molar-refractivity contribution is 1.52. The van der Waals surface area contributed by atoms with Crippen LogP contribution in [0.25, 0.3) is 11.1 Å². The first kappa shape index (κ1) is 8.14. The van der Waals surface area contributed by atoms with Crippen molar-refractivity contribution in [3.63, 3.8) is 0 Å². The third-order valence-electron chi connectivity index (χ3n) is 2.05. The zero-order valence-electron chi connectivity index (χ0n) is 7.13. The Hall–Kier alpha value is -0.470. The summed E-state index contributed by atoms with van der Waals surface area (Å²) < 4.78 is 0. The molecule has 0 aromatic rings. The standard InChI is InChI=1S/C10H10S2/c1-7-5-10(11-2)9-6-12-4-3-8(7)9/h3-6H,1-2H3. The molecule has 0 aromatic heterocycles. The Morgan fingerprint density at radius 3 is 2.92 bits per heavy atom. The molecule has 0 nitrogen and oxygen atoms in total. The van der Waals surface area contributed by atoms with Crippen molar-refractivity contribution in [1.82, 2.24) is 0 Å². The van der Waals surface area contributed by atoms with Crippen molar-refractivity contribution in [3.05, 3.63) is 28.5 Å². The average Bonchev–Trinajstić information content (AvgIpc) is 2.44. The summed E-state index contributed by atoms with van der Waals surface area (Å²) in [5.74, 6) is 0. The maximum atomic E-state index is 2.27. The van der Waals surface area contributed by atoms with Crippen molar-refractivity contribution in [2.45, 2.75) is 11.8 Å². The summed E-state index contributed by atoms with van der Waals surface area (Å²) in [6.45, 7) is 2.17. The van der Waals surface area contributed by atoms with Gasteiger partial charge in [-0.15, -0.1) is 11.8 Å². The zero-order chi connectivity index (χ0) is 8.55. The van der Waals surface area contributed by atoms with Crippen molar-refractivity contribution in [1.29, 1.82) is 0 Å². The maximum Gasteiger partial charge on any atom is 0.0159 e. The van der Waals surface area contributed by atoms with Gasteiger partial charge in [-0.2, -0.15) is 11.3 Å². The molecule has 0 amide bonds. The van der Waals surface area contributed by atoms with Gasteiger partial charge < -0.3 is 0 Å². The van der Waals surface area contributed by atoms with Crippen LogP contribution in [-0.2, 0) is 0 Å². The minimum absolute atomic E-state index is 1.39. The smallest absolute Gasteiger partial charge is 0.0159 e. The molecular weight excluding hydrogens is 184 g/mol. The molecule has 0 N–H and O–H groups in total. The monoisotopic (exact) mass is 194 g/mol. The molecule has 0 fully saturated rings. The number of hydrogen-bond donors (Lipinski definition) is 0. The molecule has 2 aliphatic rings. The van der Waals surface area contributed by atoms with Crippen molar-refractivity contribution >= 4 is 23.1 Å². The Labute approximate surface area is 81.0 Å². The number of fused-ring (bicyclic) bond motifs is 1. The van der Waals surface area contributed by atoms with Crippen molar-refractivity contribution in [3.8, 4) is 11.1 Å². The largest absolute Gasteiger partial charge is 0.152 e. The van der Waals surface area contributed by atoms with Crippen LogP contribution in [0.3, 0.4) is 0 Å². The van der Waals surface area contributed by atoms with Crippen LogP contribution < -0.4 is 0 Å². The molecule has 0 bridgehead atoms. The third kappa shape index (κ3) is 1.15. The Kier molecular flexibility index (Phi) is 2.11. The molecule has 0 unspecified atom stereocenters. The highest BCUT2D eigenvalue weighted by molar-refractivity contribution is 7.98. The molecule has 2 heteroatoms. The van der Waals surface area contributed by atoms with E-state index in [2.05, 4.69) is 36.1 Å². The summed E-state index contributed by atoms with van der Waals surface area (Å²) in [6, 6.07) is 4.47. The van der Waals surface area contributed by atoms with Gasteiger partial charge in [0.15, 0.2) is 0 Å². The van der Waals surface area contributed by atoms with E-state index in [1.54, 1.807) is 11.3 Å². The normalized spacial score (nSPS) is 10.8. The minimum atomic E-state index is 1.39. The number of rotatable bonds is 1. The fourth-order valence-corrected chi connectivity index (χ4v) is 2.86. The summed E-state index contributed by atoms with van der Waals surface area (Å²) in [6.07, 6.45) is 2.13. The van der Waals surface area contributed by atoms with Gasteiger partial charge in [0.05, 0.1) is 0 Å². The van der Waals surface area contributed by atoms with Crippen molar-refractivity contribution in [2.24, 2.45) is 0 Å². The molecule has 1 aliphatic carbocycles. The van der Waals surface area contributed by atoms with Crippen LogP contribution in [0.1, 0.15) is 5.56 Å². The second-order valence-corrected chi connectivity index (χ2v) is 4.41. The molecule has 1 heterocycles. The Bertz CT molecular complexity index is 362. The highest BCUT2D eigenvalue weighted by Crippen LogP contribution is 2.37. The van der Waals surface area contributed by atoms with E-state index in [0.717, 1.165) is 0 Å². The first-order chi connectivity index (χ1) is 5.83. The third-order valence-corrected chi connectivity index (χ3v) is 3.49. The molecule has 0 saturated carbocycles. The van der Waals surface area contributed by atoms with Crippen LogP contribution in [0.4, 0.5) is 0 Å². The highest BCUT2D eigenvalue weighted by atomic mass is 32.2. The molecule has 0 saturated heterocycles. The molecular formula is C10H10S2. The van der Waals surface area contributed by atoms with Gasteiger partial charge in [0.1, 0.15) is 0 Å². The topological polar surface area (TPSA) is 0 Å². The van der Waals surface area contributed by atoms with Gasteiger partial charge in [-0.1, -0.05) is 0 Å². The van der Waals surface area contributed by atoms with E-state index in [1.807, 2.05) is 11.8 Å². The van der Waals surface area contributed by atoms with E-state index < -0.39 is 0 Å². The van der Waals surface area contributed by atoms with Crippen LogP contribution in [0, 0.1) is 6.92 Å². The number of aryl methyl sites for hydroxylation is 1. The van der Waals surface area contributed by atoms with Crippen LogP contribution in [0.2, 0.25) is 0 Å². The fourth-order valence-electron chi connectivity index (χ4n) is 1.42. The quantitative estimate of drug-likeness (QED) is 0.621. The van der Waals surface area contributed by atoms with E-state index in [9.17, 15) is 0 Å². The molecule has 0 aromatic carbocycles. The lowest BCUT2D eigenvalue weighted by Crippen LogP contribution is -1.72. The van der Waals surface area contributed by atoms with E-state index in [1.165, 1.54) is 21.6 Å². The first-order valence-corrected chi connectivity index (χ1v) is 5.99. The van der Waals surface area contributed by atoms with Crippen LogP contribution in [0.15, 0.2) is 27.8 Å². The number of hydrogen-bond acceptors (Lipinski definition) is 2. The molecule has 0 radical (unpaired) electrons. The molecule has 12 heavy (non-hydrogen) atoms. The molecule has 62 valence electrons. The minimum Gasteiger partial charge on any atom is -0.152 e. The highest BCUT2D eigenvalue weighted by Gasteiger charge is 2.10. The van der Waals surface area contributed by atoms with Crippen LogP contribution in [0.5, 0.6) is 0 Å². The van der Waals surface area contributed by atoms with Gasteiger partial charge in [-0.05, 0) is 47.2 Å². The van der Waals surface area contributed by atoms with Gasteiger partial charge in [0.25, 0.3) is 0 Å². The predicted octanol–water partition coefficient (Wildman–Crippen LogP) is 3.88. The Balaban J connectivity index is 2.70. The molecule has 1 aliphatic heterocycles. The second kappa shape index (κ2) is 3.11. The SMILES string of the molecule is CSc1cc(C)c2ccscc1-2. The Morgan fingerprint density at radius 2 is 2.17 bits per heavy atom. The van der Waals surface area contributed by atoms with Gasteiger partial charge in [-0.3, -0.25) is 0 Å². The second-order valence-electron chi connectivity index (χ2n) is 2.78. The van der Waals surface area contributed by atoms with Crippen LogP contribution >= 0.6 is 23.1 Å². The van der Waals surface area contributed by atoms with E-state index >= 15 is 0 Å². The lowest BCUT2D eigenvalue weighted by atomic mass is 10.1. The summed E-state index contributed by atoms with van der Waals surface area (Å²) in [7, 11) is 0. The average molecular weight is 194 g/mol. The van der Waals surface area contributed by atoms with Gasteiger partial charge in [0, 0.05) is 10.5 Å². The summed E-state index contributed by atoms with van der Waals surface area (Å²) in [5, 5.41) is 4.37. The Morgan fingerprint density at radius 1 is 1.33 bits per heavy atom. The van der Waals surface area contributed by atoms with Gasteiger partial charge in [-0.25, -0.2) is 0 Å². The van der Waals surface area contributed by atoms with Crippen molar-refractivity contribution < 1.29 is 0 Å². The van der Waals surface area contributed by atoms with Gasteiger partial charge in [0.2, 0.25) is 0 Å². The summed E-state index contributed by atoms with van der Waals surface area (Å²) in [5.41, 5.74) is 4.20. The van der Waals surface area contributed by atoms with Gasteiger partial charge >= 0.3 is 0 Å². The summed E-state index contributed by atoms with van der Waals surface area (Å²) in [4.78, 5) is 1.40. The summed E-state index contributed by atoms with van der Waals surface area (Å²) >= 11 is 3.59. The predicted molar refractivity (Wildman–Crippen MR) is 57.5 cm³/mol. The van der Waals surface area contributed by atoms with Crippen LogP contribution in [-0.4, -0.2) is 6.26 Å². The molecule has 0 atom stereocenters. The lowest BCUT2D eigenvalue weighted by Gasteiger charge is -1.99. The van der Waals surface area contributed by atoms with Crippen molar-refractivity contribution in [2.75, 3.05) is 6.26 Å². The van der Waals surface area contributed by atoms with E-state index in [-0.39, 0.29) is 0 Å². The van der Waals surface area contributed by atoms with E-state index in [4.69, 9.17) is 0 Å². The van der Waals surface area contributed by atoms with E-state index in [0.29, 0.717) is 0 Å². The fraction of sp³-hybridized carbons (Fsp3) is 0.200. The molecule has 0 spiro atoms. The molecule has 2 rings (SSSR count). The zero-order valence-corrected chi connectivity index (χ0v) is 8.76.